The van der Waals surface area contributed by atoms with Gasteiger partial charge in [-0.05, 0) is 20.3 Å². The number of hydrogen-bond donors (Lipinski definition) is 0. The topological polar surface area (TPSA) is 9.23 Å². The van der Waals surface area contributed by atoms with Crippen LogP contribution in [0.4, 0.5) is 0 Å². The highest BCUT2D eigenvalue weighted by atomic mass is 16.5. The van der Waals surface area contributed by atoms with Crippen molar-refractivity contribution in [3.8, 4) is 0 Å². The molecule has 0 aromatic rings. The zero-order chi connectivity index (χ0) is 14.8. The molecule has 0 saturated heterocycles. The molecule has 102 valence electrons. The third kappa shape index (κ3) is 7.10. The lowest BCUT2D eigenvalue weighted by molar-refractivity contribution is 0.304. The molecule has 0 amide bonds. The highest BCUT2D eigenvalue weighted by Gasteiger charge is 2.01. The number of rotatable bonds is 8. The summed E-state index contributed by atoms with van der Waals surface area (Å²) >= 11 is 0. The van der Waals surface area contributed by atoms with Gasteiger partial charge in [0.1, 0.15) is 5.76 Å². The third-order valence-corrected chi connectivity index (χ3v) is 2.49. The van der Waals surface area contributed by atoms with Gasteiger partial charge in [0, 0.05) is 5.57 Å². The average molecular weight is 256 g/mol. The molecule has 0 fully saturated rings. The van der Waals surface area contributed by atoms with Crippen LogP contribution in [0.2, 0.25) is 0 Å². The summed E-state index contributed by atoms with van der Waals surface area (Å²) in [7, 11) is 1.62. The zero-order valence-electron chi connectivity index (χ0n) is 12.3. The van der Waals surface area contributed by atoms with E-state index in [1.165, 1.54) is 0 Å². The first kappa shape index (κ1) is 17.0. The van der Waals surface area contributed by atoms with E-state index in [9.17, 15) is 0 Å². The Morgan fingerprint density at radius 3 is 2.05 bits per heavy atom. The number of allylic oxidation sites excluding steroid dienone is 8. The number of ether oxygens (including phenoxy) is 1. The molecule has 0 spiro atoms. The lowest BCUT2D eigenvalue weighted by atomic mass is 10.0. The molecular formula is C18H24O. The minimum atomic E-state index is 0.662. The Kier molecular flexibility index (Phi) is 8.03. The summed E-state index contributed by atoms with van der Waals surface area (Å²) in [5.41, 5.74) is 4.14. The largest absolute Gasteiger partial charge is 0.497 e. The standard InChI is InChI=1S/C18H24O/c1-8-9-10-15(4)13-16(5)11-12-18(14(2)3)17(6)19-7/h8-12H,1,4-6,13H2,2-3,7H3/b10-9-,12-11-. The first-order valence-corrected chi connectivity index (χ1v) is 6.15. The molecule has 0 aromatic carbocycles. The van der Waals surface area contributed by atoms with Crippen LogP contribution < -0.4 is 0 Å². The molecule has 0 heterocycles. The maximum absolute atomic E-state index is 5.17. The molecule has 0 aromatic heterocycles. The van der Waals surface area contributed by atoms with Crippen molar-refractivity contribution in [2.45, 2.75) is 20.3 Å². The van der Waals surface area contributed by atoms with Gasteiger partial charge in [-0.25, -0.2) is 0 Å². The van der Waals surface area contributed by atoms with Crippen molar-refractivity contribution in [2.75, 3.05) is 7.11 Å². The zero-order valence-corrected chi connectivity index (χ0v) is 12.3. The second kappa shape index (κ2) is 8.98. The van der Waals surface area contributed by atoms with Crippen molar-refractivity contribution in [3.63, 3.8) is 0 Å². The Bertz CT molecular complexity index is 452. The van der Waals surface area contributed by atoms with E-state index in [4.69, 9.17) is 4.74 Å². The molecule has 0 unspecified atom stereocenters. The molecule has 0 aliphatic carbocycles. The van der Waals surface area contributed by atoms with Gasteiger partial charge in [0.25, 0.3) is 0 Å². The summed E-state index contributed by atoms with van der Waals surface area (Å²) in [5, 5.41) is 0. The van der Waals surface area contributed by atoms with Crippen molar-refractivity contribution in [3.05, 3.63) is 84.7 Å². The van der Waals surface area contributed by atoms with Gasteiger partial charge >= 0.3 is 0 Å². The minimum Gasteiger partial charge on any atom is -0.497 e. The maximum Gasteiger partial charge on any atom is 0.118 e. The van der Waals surface area contributed by atoms with Crippen LogP contribution >= 0.6 is 0 Å². The Morgan fingerprint density at radius 2 is 1.58 bits per heavy atom. The number of hydrogen-bond acceptors (Lipinski definition) is 1. The van der Waals surface area contributed by atoms with Gasteiger partial charge in [-0.1, -0.05) is 73.4 Å². The van der Waals surface area contributed by atoms with Gasteiger partial charge in [0.05, 0.1) is 7.11 Å². The van der Waals surface area contributed by atoms with Crippen LogP contribution in [0.3, 0.4) is 0 Å². The fraction of sp³-hybridized carbons (Fsp3) is 0.222. The molecule has 1 heteroatoms. The maximum atomic E-state index is 5.17. The minimum absolute atomic E-state index is 0.662. The van der Waals surface area contributed by atoms with Crippen LogP contribution in [-0.4, -0.2) is 7.11 Å². The summed E-state index contributed by atoms with van der Waals surface area (Å²) in [6, 6.07) is 0. The summed E-state index contributed by atoms with van der Waals surface area (Å²) in [5.74, 6) is 0.662. The molecule has 0 N–H and O–H groups in total. The normalized spacial score (nSPS) is 10.5. The van der Waals surface area contributed by atoms with Crippen molar-refractivity contribution < 1.29 is 4.74 Å². The monoisotopic (exact) mass is 256 g/mol. The van der Waals surface area contributed by atoms with Crippen molar-refractivity contribution >= 4 is 0 Å². The van der Waals surface area contributed by atoms with Gasteiger partial charge in [0.2, 0.25) is 0 Å². The van der Waals surface area contributed by atoms with Crippen LogP contribution in [0.25, 0.3) is 0 Å². The third-order valence-electron chi connectivity index (χ3n) is 2.49. The molecule has 0 aliphatic rings. The van der Waals surface area contributed by atoms with E-state index in [2.05, 4.69) is 26.3 Å². The Hall–Kier alpha value is -2.02. The predicted octanol–water partition coefficient (Wildman–Crippen LogP) is 5.28. The van der Waals surface area contributed by atoms with Crippen LogP contribution in [0.15, 0.2) is 84.7 Å². The molecule has 0 rings (SSSR count). The lowest BCUT2D eigenvalue weighted by Crippen LogP contribution is -1.91. The van der Waals surface area contributed by atoms with E-state index in [0.717, 1.165) is 28.7 Å². The van der Waals surface area contributed by atoms with Crippen molar-refractivity contribution in [2.24, 2.45) is 0 Å². The van der Waals surface area contributed by atoms with Crippen molar-refractivity contribution in [1.29, 1.82) is 0 Å². The van der Waals surface area contributed by atoms with E-state index in [0.29, 0.717) is 5.76 Å². The predicted molar refractivity (Wildman–Crippen MR) is 85.9 cm³/mol. The molecular weight excluding hydrogens is 232 g/mol. The lowest BCUT2D eigenvalue weighted by Gasteiger charge is -2.08. The molecule has 0 saturated carbocycles. The van der Waals surface area contributed by atoms with E-state index >= 15 is 0 Å². The van der Waals surface area contributed by atoms with E-state index in [1.54, 1.807) is 13.2 Å². The second-order valence-corrected chi connectivity index (χ2v) is 4.46. The van der Waals surface area contributed by atoms with E-state index in [1.807, 2.05) is 38.2 Å². The van der Waals surface area contributed by atoms with Gasteiger partial charge in [-0.3, -0.25) is 0 Å². The number of methoxy groups -OCH3 is 1. The molecule has 0 atom stereocenters. The fourth-order valence-electron chi connectivity index (χ4n) is 1.46. The Labute approximate surface area is 117 Å². The summed E-state index contributed by atoms with van der Waals surface area (Å²) in [6.45, 7) is 19.5. The summed E-state index contributed by atoms with van der Waals surface area (Å²) in [6.07, 6.45) is 10.2. The summed E-state index contributed by atoms with van der Waals surface area (Å²) < 4.78 is 5.17. The van der Waals surface area contributed by atoms with Crippen LogP contribution in [0.1, 0.15) is 20.3 Å². The SMILES string of the molecule is C=C/C=C\C(=C)CC(=C)/C=C\C(C(=C)OC)=C(C)C. The first-order chi connectivity index (χ1) is 8.92. The van der Waals surface area contributed by atoms with Crippen LogP contribution in [0.5, 0.6) is 0 Å². The van der Waals surface area contributed by atoms with Crippen LogP contribution in [-0.2, 0) is 4.74 Å². The van der Waals surface area contributed by atoms with Crippen LogP contribution in [0, 0.1) is 0 Å². The highest BCUT2D eigenvalue weighted by Crippen LogP contribution is 2.17. The summed E-state index contributed by atoms with van der Waals surface area (Å²) in [4.78, 5) is 0. The smallest absolute Gasteiger partial charge is 0.118 e. The quantitative estimate of drug-likeness (QED) is 0.424. The molecule has 0 bridgehead atoms. The average Bonchev–Trinajstić information content (AvgIpc) is 2.35. The van der Waals surface area contributed by atoms with Gasteiger partial charge in [0.15, 0.2) is 0 Å². The van der Waals surface area contributed by atoms with Gasteiger partial charge < -0.3 is 4.74 Å². The van der Waals surface area contributed by atoms with E-state index < -0.39 is 0 Å². The second-order valence-electron chi connectivity index (χ2n) is 4.46. The first-order valence-electron chi connectivity index (χ1n) is 6.15. The Morgan fingerprint density at radius 1 is 1.00 bits per heavy atom. The molecule has 0 aliphatic heterocycles. The molecule has 19 heavy (non-hydrogen) atoms. The fourth-order valence-corrected chi connectivity index (χ4v) is 1.46. The van der Waals surface area contributed by atoms with Gasteiger partial charge in [-0.15, -0.1) is 0 Å². The molecule has 1 nitrogen and oxygen atoms in total. The highest BCUT2D eigenvalue weighted by molar-refractivity contribution is 5.41. The van der Waals surface area contributed by atoms with Gasteiger partial charge in [-0.2, -0.15) is 0 Å². The van der Waals surface area contributed by atoms with E-state index in [-0.39, 0.29) is 0 Å². The van der Waals surface area contributed by atoms with Crippen molar-refractivity contribution in [1.82, 2.24) is 0 Å². The Balaban J connectivity index is 4.71. The molecule has 0 radical (unpaired) electrons.